The maximum absolute atomic E-state index is 13.5. The Morgan fingerprint density at radius 3 is 2.44 bits per heavy atom. The molecule has 3 aromatic rings. The molecule has 9 nitrogen and oxygen atoms in total. The number of hydrogen-bond donors (Lipinski definition) is 1. The lowest BCUT2D eigenvalue weighted by Crippen LogP contribution is -2.41. The van der Waals surface area contributed by atoms with Crippen LogP contribution in [0.4, 0.5) is 5.95 Å². The van der Waals surface area contributed by atoms with Crippen LogP contribution in [0.5, 0.6) is 0 Å². The van der Waals surface area contributed by atoms with Crippen molar-refractivity contribution in [3.8, 4) is 0 Å². The van der Waals surface area contributed by atoms with Gasteiger partial charge in [-0.1, -0.05) is 11.6 Å². The highest BCUT2D eigenvalue weighted by molar-refractivity contribution is 14.1. The average molecular weight is 574 g/mol. The molecule has 3 aromatic heterocycles. The van der Waals surface area contributed by atoms with Crippen molar-refractivity contribution in [2.24, 2.45) is 0 Å². The Labute approximate surface area is 205 Å². The smallest absolute Gasteiger partial charge is 0.330 e. The van der Waals surface area contributed by atoms with Gasteiger partial charge in [0.1, 0.15) is 12.1 Å². The van der Waals surface area contributed by atoms with Crippen LogP contribution in [0.3, 0.4) is 0 Å². The molecule has 2 N–H and O–H groups in total. The van der Waals surface area contributed by atoms with Gasteiger partial charge in [-0.3, -0.25) is 14.0 Å². The molecule has 0 unspecified atom stereocenters. The minimum absolute atomic E-state index is 0.0235. The molecule has 174 valence electrons. The molecule has 3 rings (SSSR count). The third-order valence-electron chi connectivity index (χ3n) is 5.73. The average Bonchev–Trinajstić information content (AvgIpc) is 2.94. The molecule has 0 aliphatic rings. The van der Waals surface area contributed by atoms with Crippen LogP contribution in [0.25, 0.3) is 11.2 Å². The lowest BCUT2D eigenvalue weighted by atomic mass is 10.1. The van der Waals surface area contributed by atoms with E-state index in [1.54, 1.807) is 4.57 Å². The molecule has 0 saturated carbocycles. The molecule has 11 heteroatoms. The number of imidazole rings is 1. The van der Waals surface area contributed by atoms with Gasteiger partial charge >= 0.3 is 5.69 Å². The molecule has 3 heterocycles. The van der Waals surface area contributed by atoms with Gasteiger partial charge in [0.2, 0.25) is 11.6 Å². The van der Waals surface area contributed by atoms with Gasteiger partial charge in [-0.15, -0.1) is 0 Å². The van der Waals surface area contributed by atoms with E-state index in [-0.39, 0.29) is 23.3 Å². The Kier molecular flexibility index (Phi) is 7.35. The SMILES string of the molecule is Cc1c[n+]([O-])c(Cn2c(=O)n(CCN(C(C)C)C(C)C)c3c(Cl)nc(N)nc32)c(C)c1I. The van der Waals surface area contributed by atoms with Crippen LogP contribution in [0.15, 0.2) is 11.0 Å². The van der Waals surface area contributed by atoms with Gasteiger partial charge in [-0.25, -0.2) is 4.79 Å². The zero-order valence-corrected chi connectivity index (χ0v) is 22.1. The molecule has 0 atom stereocenters. The number of nitrogens with zero attached hydrogens (tertiary/aromatic N) is 6. The molecule has 0 spiro atoms. The lowest BCUT2D eigenvalue weighted by molar-refractivity contribution is -0.615. The third-order valence-corrected chi connectivity index (χ3v) is 7.65. The van der Waals surface area contributed by atoms with Crippen molar-refractivity contribution in [2.75, 3.05) is 12.3 Å². The van der Waals surface area contributed by atoms with Gasteiger partial charge in [0.25, 0.3) is 0 Å². The van der Waals surface area contributed by atoms with E-state index in [1.807, 2.05) is 13.8 Å². The van der Waals surface area contributed by atoms with Crippen LogP contribution in [0.2, 0.25) is 5.15 Å². The highest BCUT2D eigenvalue weighted by Crippen LogP contribution is 2.23. The molecule has 0 radical (unpaired) electrons. The zero-order valence-electron chi connectivity index (χ0n) is 19.2. The van der Waals surface area contributed by atoms with Crippen molar-refractivity contribution < 1.29 is 4.73 Å². The summed E-state index contributed by atoms with van der Waals surface area (Å²) in [4.78, 5) is 24.2. The number of nitrogens with two attached hydrogens (primary N) is 1. The zero-order chi connectivity index (χ0) is 23.9. The van der Waals surface area contributed by atoms with Gasteiger partial charge in [0.05, 0.1) is 0 Å². The predicted molar refractivity (Wildman–Crippen MR) is 135 cm³/mol. The Bertz CT molecular complexity index is 1210. The first-order valence-corrected chi connectivity index (χ1v) is 11.9. The topological polar surface area (TPSA) is 109 Å². The highest BCUT2D eigenvalue weighted by atomic mass is 127. The molecule has 32 heavy (non-hydrogen) atoms. The van der Waals surface area contributed by atoms with E-state index < -0.39 is 0 Å². The van der Waals surface area contributed by atoms with Gasteiger partial charge < -0.3 is 10.9 Å². The Balaban J connectivity index is 2.16. The monoisotopic (exact) mass is 573 g/mol. The van der Waals surface area contributed by atoms with Crippen LogP contribution in [-0.4, -0.2) is 42.6 Å². The Morgan fingerprint density at radius 2 is 1.84 bits per heavy atom. The van der Waals surface area contributed by atoms with Crippen molar-refractivity contribution in [3.05, 3.63) is 47.4 Å². The fourth-order valence-corrected chi connectivity index (χ4v) is 4.82. The van der Waals surface area contributed by atoms with E-state index in [2.05, 4.69) is 65.2 Å². The number of aryl methyl sites for hydroxylation is 1. The number of halogens is 2. The van der Waals surface area contributed by atoms with E-state index in [9.17, 15) is 10.0 Å². The minimum Gasteiger partial charge on any atom is -0.618 e. The van der Waals surface area contributed by atoms with Crippen LogP contribution in [-0.2, 0) is 13.1 Å². The van der Waals surface area contributed by atoms with E-state index in [0.717, 1.165) is 19.4 Å². The minimum atomic E-state index is -0.302. The number of hydrogen-bond acceptors (Lipinski definition) is 6. The largest absolute Gasteiger partial charge is 0.618 e. The summed E-state index contributed by atoms with van der Waals surface area (Å²) in [5.41, 5.74) is 8.47. The van der Waals surface area contributed by atoms with E-state index >= 15 is 0 Å². The Morgan fingerprint density at radius 1 is 1.22 bits per heavy atom. The maximum atomic E-state index is 13.5. The first kappa shape index (κ1) is 24.7. The molecule has 0 aromatic carbocycles. The first-order valence-electron chi connectivity index (χ1n) is 10.5. The summed E-state index contributed by atoms with van der Waals surface area (Å²) in [5.74, 6) is -0.0235. The van der Waals surface area contributed by atoms with Gasteiger partial charge in [0, 0.05) is 39.9 Å². The van der Waals surface area contributed by atoms with Crippen molar-refractivity contribution in [2.45, 2.75) is 66.7 Å². The standard InChI is InChI=1S/C21H29ClIN7O2/c1-11(2)27(12(3)4)7-8-28-17-18(22)25-20(24)26-19(17)29(21(28)31)10-15-14(6)16(23)13(5)9-30(15)32/h9,11-12H,7-8,10H2,1-6H3,(H2,24,25,26). The van der Waals surface area contributed by atoms with Crippen molar-refractivity contribution in [1.82, 2.24) is 24.0 Å². The number of rotatable bonds is 7. The molecule has 0 saturated heterocycles. The summed E-state index contributed by atoms with van der Waals surface area (Å²) in [6.45, 7) is 13.4. The normalized spacial score (nSPS) is 12.1. The second-order valence-electron chi connectivity index (χ2n) is 8.51. The molecular formula is C21H29ClIN7O2. The summed E-state index contributed by atoms with van der Waals surface area (Å²) in [6.07, 6.45) is 1.52. The van der Waals surface area contributed by atoms with Gasteiger partial charge in [-0.2, -0.15) is 14.7 Å². The summed E-state index contributed by atoms with van der Waals surface area (Å²) in [7, 11) is 0. The Hall–Kier alpha value is -1.92. The highest BCUT2D eigenvalue weighted by Gasteiger charge is 2.24. The number of aromatic nitrogens is 5. The predicted octanol–water partition coefficient (Wildman–Crippen LogP) is 2.85. The number of anilines is 1. The summed E-state index contributed by atoms with van der Waals surface area (Å²) in [6, 6.07) is 0.635. The third kappa shape index (κ3) is 4.58. The number of pyridine rings is 1. The van der Waals surface area contributed by atoms with Crippen molar-refractivity contribution >= 4 is 51.3 Å². The van der Waals surface area contributed by atoms with Crippen LogP contribution in [0.1, 0.15) is 44.5 Å². The molecular weight excluding hydrogens is 545 g/mol. The van der Waals surface area contributed by atoms with Crippen LogP contribution < -0.4 is 16.2 Å². The lowest BCUT2D eigenvalue weighted by Gasteiger charge is -2.30. The molecule has 0 amide bonds. The van der Waals surface area contributed by atoms with Gasteiger partial charge in [0.15, 0.2) is 17.0 Å². The second kappa shape index (κ2) is 9.52. The fraction of sp³-hybridized carbons (Fsp3) is 0.524. The number of fused-ring (bicyclic) bond motifs is 1. The van der Waals surface area contributed by atoms with Crippen molar-refractivity contribution in [3.63, 3.8) is 0 Å². The molecule has 0 aliphatic heterocycles. The maximum Gasteiger partial charge on any atom is 0.330 e. The summed E-state index contributed by atoms with van der Waals surface area (Å²) >= 11 is 8.63. The van der Waals surface area contributed by atoms with Gasteiger partial charge in [-0.05, 0) is 64.1 Å². The molecule has 0 fully saturated rings. The van der Waals surface area contributed by atoms with Crippen LogP contribution in [0, 0.1) is 22.6 Å². The van der Waals surface area contributed by atoms with E-state index in [0.29, 0.717) is 42.0 Å². The second-order valence-corrected chi connectivity index (χ2v) is 9.95. The molecule has 0 aliphatic carbocycles. The van der Waals surface area contributed by atoms with Crippen LogP contribution >= 0.6 is 34.2 Å². The van der Waals surface area contributed by atoms with E-state index in [4.69, 9.17) is 17.3 Å². The molecule has 0 bridgehead atoms. The van der Waals surface area contributed by atoms with Crippen molar-refractivity contribution in [1.29, 1.82) is 0 Å². The summed E-state index contributed by atoms with van der Waals surface area (Å²) < 4.78 is 4.83. The fourth-order valence-electron chi connectivity index (χ4n) is 4.10. The quantitative estimate of drug-likeness (QED) is 0.202. The summed E-state index contributed by atoms with van der Waals surface area (Å²) in [5, 5.41) is 12.8. The van der Waals surface area contributed by atoms with E-state index in [1.165, 1.54) is 10.8 Å². The number of nitrogen functional groups attached to an aromatic ring is 1. The first-order chi connectivity index (χ1) is 14.9.